The molecule has 0 saturated heterocycles. The molecule has 3 aromatic carbocycles. The van der Waals surface area contributed by atoms with E-state index in [2.05, 4.69) is 119 Å². The number of para-hydroxylation sites is 1. The first kappa shape index (κ1) is 28.4. The molecule has 0 spiro atoms. The van der Waals surface area contributed by atoms with E-state index in [0.29, 0.717) is 19.1 Å². The number of rotatable bonds is 10. The van der Waals surface area contributed by atoms with Crippen LogP contribution in [0.5, 0.6) is 5.75 Å². The van der Waals surface area contributed by atoms with Crippen LogP contribution in [0, 0.1) is 5.92 Å². The second-order valence-corrected chi connectivity index (χ2v) is 11.6. The van der Waals surface area contributed by atoms with Gasteiger partial charge in [0.2, 0.25) is 0 Å². The number of aromatic amines is 2. The van der Waals surface area contributed by atoms with Crippen molar-refractivity contribution in [3.05, 3.63) is 150 Å². The molecular weight excluding hydrogens is 556 g/mol. The Labute approximate surface area is 263 Å². The fourth-order valence-corrected chi connectivity index (χ4v) is 6.08. The van der Waals surface area contributed by atoms with Crippen LogP contribution in [-0.4, -0.2) is 27.0 Å². The number of nitrogens with zero attached hydrogens (tertiary/aromatic N) is 2. The van der Waals surface area contributed by atoms with E-state index in [1.807, 2.05) is 30.3 Å². The Balaban J connectivity index is 1.09. The number of aromatic nitrogens is 4. The van der Waals surface area contributed by atoms with Crippen LogP contribution in [0.2, 0.25) is 0 Å². The quantitative estimate of drug-likeness (QED) is 0.170. The third-order valence-corrected chi connectivity index (χ3v) is 8.46. The average Bonchev–Trinajstić information content (AvgIpc) is 3.79. The predicted octanol–water partition coefficient (Wildman–Crippen LogP) is 9.18. The molecule has 2 heterocycles. The van der Waals surface area contributed by atoms with Crippen molar-refractivity contribution in [2.45, 2.75) is 32.3 Å². The molecule has 2 aromatic heterocycles. The smallest absolute Gasteiger partial charge is 0.119 e. The number of nitrogens with one attached hydrogen (secondary N) is 2. The summed E-state index contributed by atoms with van der Waals surface area (Å²) in [5, 5.41) is 16.0. The molecule has 0 saturated carbocycles. The van der Waals surface area contributed by atoms with Crippen molar-refractivity contribution in [2.75, 3.05) is 6.61 Å². The number of hydrogen-bond acceptors (Lipinski definition) is 4. The van der Waals surface area contributed by atoms with Gasteiger partial charge in [0, 0.05) is 34.7 Å². The maximum absolute atomic E-state index is 6.13. The normalized spacial score (nSPS) is 17.5. The summed E-state index contributed by atoms with van der Waals surface area (Å²) in [7, 11) is 0. The molecule has 0 radical (unpaired) electrons. The second-order valence-electron chi connectivity index (χ2n) is 11.6. The van der Waals surface area contributed by atoms with Crippen LogP contribution < -0.4 is 4.74 Å². The van der Waals surface area contributed by atoms with Crippen molar-refractivity contribution >= 4 is 0 Å². The number of H-pyrrole nitrogens is 2. The summed E-state index contributed by atoms with van der Waals surface area (Å²) in [5.41, 5.74) is 9.32. The molecule has 6 nitrogen and oxygen atoms in total. The third-order valence-electron chi connectivity index (χ3n) is 8.46. The molecule has 2 atom stereocenters. The van der Waals surface area contributed by atoms with Gasteiger partial charge in [-0.15, -0.1) is 0 Å². The molecule has 2 N–H and O–H groups in total. The van der Waals surface area contributed by atoms with E-state index in [1.165, 1.54) is 5.57 Å². The molecule has 7 rings (SSSR count). The Morgan fingerprint density at radius 1 is 0.756 bits per heavy atom. The van der Waals surface area contributed by atoms with E-state index in [1.54, 1.807) is 0 Å². The van der Waals surface area contributed by atoms with Gasteiger partial charge in [-0.2, -0.15) is 10.2 Å². The molecule has 2 aliphatic carbocycles. The van der Waals surface area contributed by atoms with Gasteiger partial charge in [-0.1, -0.05) is 98.0 Å². The Hall–Kier alpha value is -5.36. The van der Waals surface area contributed by atoms with Crippen LogP contribution in [0.4, 0.5) is 0 Å². The van der Waals surface area contributed by atoms with E-state index in [0.717, 1.165) is 69.4 Å². The summed E-state index contributed by atoms with van der Waals surface area (Å²) in [6, 6.07) is 31.0. The lowest BCUT2D eigenvalue weighted by Gasteiger charge is -2.26. The Morgan fingerprint density at radius 2 is 1.56 bits per heavy atom. The summed E-state index contributed by atoms with van der Waals surface area (Å²) < 4.78 is 12.3. The predicted molar refractivity (Wildman–Crippen MR) is 179 cm³/mol. The number of allylic oxidation sites excluding steroid dienone is 7. The van der Waals surface area contributed by atoms with E-state index in [9.17, 15) is 0 Å². The molecule has 0 bridgehead atoms. The minimum atomic E-state index is 0.159. The Bertz CT molecular complexity index is 1890. The molecule has 5 aromatic rings. The maximum Gasteiger partial charge on any atom is 0.119 e. The maximum atomic E-state index is 6.13. The van der Waals surface area contributed by atoms with Gasteiger partial charge in [0.1, 0.15) is 19.0 Å². The van der Waals surface area contributed by atoms with Gasteiger partial charge < -0.3 is 9.47 Å². The van der Waals surface area contributed by atoms with Crippen molar-refractivity contribution < 1.29 is 9.47 Å². The number of ether oxygens (including phenoxy) is 2. The molecular formula is C39H36N4O2. The fourth-order valence-electron chi connectivity index (χ4n) is 6.08. The lowest BCUT2D eigenvalue weighted by Crippen LogP contribution is -2.18. The van der Waals surface area contributed by atoms with Crippen LogP contribution >= 0.6 is 0 Å². The molecule has 0 aliphatic heterocycles. The molecule has 0 fully saturated rings. The van der Waals surface area contributed by atoms with Crippen molar-refractivity contribution in [3.63, 3.8) is 0 Å². The molecule has 0 amide bonds. The van der Waals surface area contributed by atoms with Gasteiger partial charge in [-0.3, -0.25) is 10.2 Å². The van der Waals surface area contributed by atoms with E-state index >= 15 is 0 Å². The van der Waals surface area contributed by atoms with E-state index < -0.39 is 0 Å². The summed E-state index contributed by atoms with van der Waals surface area (Å²) in [6.45, 7) is 3.28. The fraction of sp³-hybridized carbons (Fsp3) is 0.179. The first-order valence-corrected chi connectivity index (χ1v) is 15.5. The van der Waals surface area contributed by atoms with Crippen molar-refractivity contribution in [3.8, 4) is 39.5 Å². The van der Waals surface area contributed by atoms with Crippen molar-refractivity contribution in [1.82, 2.24) is 20.4 Å². The van der Waals surface area contributed by atoms with Crippen LogP contribution in [0.25, 0.3) is 33.8 Å². The molecule has 224 valence electrons. The summed E-state index contributed by atoms with van der Waals surface area (Å²) in [4.78, 5) is 0. The van der Waals surface area contributed by atoms with Crippen molar-refractivity contribution in [2.24, 2.45) is 5.92 Å². The molecule has 2 aliphatic rings. The zero-order valence-corrected chi connectivity index (χ0v) is 25.3. The second kappa shape index (κ2) is 13.1. The van der Waals surface area contributed by atoms with Crippen LogP contribution in [-0.2, 0) is 11.3 Å². The van der Waals surface area contributed by atoms with Gasteiger partial charge in [0.15, 0.2) is 0 Å². The van der Waals surface area contributed by atoms with Gasteiger partial charge in [0.25, 0.3) is 0 Å². The van der Waals surface area contributed by atoms with E-state index in [4.69, 9.17) is 14.6 Å². The SMILES string of the molecule is CC1C=CC=C(COc2ccccc2)C1c1cc(-c2cccc(-c3cc(-c4ccccc4COC4=CC=CCC4)[nH]n3)c2)n[nH]1. The standard InChI is InChI=1S/C39H36N4O2/c1-27-12-10-16-31(26-45-33-19-6-3-7-20-33)39(27)38-24-36(41-43-38)29-15-11-14-28(22-29)35-23-37(42-40-35)34-21-9-8-13-30(34)25-44-32-17-4-2-5-18-32/h2-4,6-17,19-24,27,39H,5,18,25-26H2,1H3,(H,40,42)(H,41,43). The Morgan fingerprint density at radius 3 is 2.40 bits per heavy atom. The lowest BCUT2D eigenvalue weighted by molar-refractivity contribution is 0.189. The van der Waals surface area contributed by atoms with Gasteiger partial charge in [0.05, 0.1) is 22.8 Å². The number of benzene rings is 3. The zero-order valence-electron chi connectivity index (χ0n) is 25.3. The highest BCUT2D eigenvalue weighted by molar-refractivity contribution is 5.74. The summed E-state index contributed by atoms with van der Waals surface area (Å²) in [5.74, 6) is 2.37. The van der Waals surface area contributed by atoms with Crippen LogP contribution in [0.3, 0.4) is 0 Å². The average molecular weight is 593 g/mol. The number of hydrogen-bond donors (Lipinski definition) is 2. The first-order chi connectivity index (χ1) is 22.2. The van der Waals surface area contributed by atoms with Crippen molar-refractivity contribution in [1.29, 1.82) is 0 Å². The molecule has 45 heavy (non-hydrogen) atoms. The minimum Gasteiger partial charge on any atom is -0.493 e. The monoisotopic (exact) mass is 592 g/mol. The summed E-state index contributed by atoms with van der Waals surface area (Å²) in [6.07, 6.45) is 14.8. The van der Waals surface area contributed by atoms with E-state index in [-0.39, 0.29) is 5.92 Å². The minimum absolute atomic E-state index is 0.159. The Kier molecular flexibility index (Phi) is 8.27. The largest absolute Gasteiger partial charge is 0.493 e. The van der Waals surface area contributed by atoms with Gasteiger partial charge >= 0.3 is 0 Å². The highest BCUT2D eigenvalue weighted by atomic mass is 16.5. The molecule has 2 unspecified atom stereocenters. The first-order valence-electron chi connectivity index (χ1n) is 15.5. The summed E-state index contributed by atoms with van der Waals surface area (Å²) >= 11 is 0. The van der Waals surface area contributed by atoms with Crippen LogP contribution in [0.15, 0.2) is 139 Å². The topological polar surface area (TPSA) is 75.8 Å². The van der Waals surface area contributed by atoms with Gasteiger partial charge in [-0.05, 0) is 59.9 Å². The third kappa shape index (κ3) is 6.46. The zero-order chi connectivity index (χ0) is 30.4. The highest BCUT2D eigenvalue weighted by Gasteiger charge is 2.26. The highest BCUT2D eigenvalue weighted by Crippen LogP contribution is 2.37. The van der Waals surface area contributed by atoms with Gasteiger partial charge in [-0.25, -0.2) is 0 Å². The lowest BCUT2D eigenvalue weighted by atomic mass is 9.81. The van der Waals surface area contributed by atoms with Crippen LogP contribution in [0.1, 0.15) is 36.9 Å². The molecule has 6 heteroatoms.